The van der Waals surface area contributed by atoms with Crippen molar-refractivity contribution >= 4 is 5.96 Å². The van der Waals surface area contributed by atoms with E-state index in [1.165, 1.54) is 0 Å². The molecule has 0 unspecified atom stereocenters. The lowest BCUT2D eigenvalue weighted by Gasteiger charge is -2.10. The van der Waals surface area contributed by atoms with Crippen LogP contribution in [0, 0.1) is 13.8 Å². The molecule has 0 saturated heterocycles. The van der Waals surface area contributed by atoms with E-state index in [1.807, 2.05) is 26.0 Å². The van der Waals surface area contributed by atoms with Crippen LogP contribution in [-0.2, 0) is 13.0 Å². The van der Waals surface area contributed by atoms with E-state index in [9.17, 15) is 0 Å². The summed E-state index contributed by atoms with van der Waals surface area (Å²) in [7, 11) is 0. The molecule has 22 heavy (non-hydrogen) atoms. The van der Waals surface area contributed by atoms with E-state index in [0.29, 0.717) is 24.9 Å². The Bertz CT molecular complexity index is 595. The highest BCUT2D eigenvalue weighted by molar-refractivity contribution is 5.79. The van der Waals surface area contributed by atoms with Crippen molar-refractivity contribution in [3.63, 3.8) is 0 Å². The molecule has 0 aliphatic rings. The molecule has 2 heterocycles. The summed E-state index contributed by atoms with van der Waals surface area (Å²) in [5.74, 6) is 3.08. The fourth-order valence-corrected chi connectivity index (χ4v) is 1.86. The molecular formula is C16H22N4O2. The van der Waals surface area contributed by atoms with E-state index >= 15 is 0 Å². The van der Waals surface area contributed by atoms with Crippen LogP contribution >= 0.6 is 0 Å². The predicted octanol–water partition coefficient (Wildman–Crippen LogP) is 2.35. The van der Waals surface area contributed by atoms with E-state index in [1.54, 1.807) is 12.3 Å². The fraction of sp³-hybridized carbons (Fsp3) is 0.375. The summed E-state index contributed by atoms with van der Waals surface area (Å²) in [5.41, 5.74) is 0.900. The molecular weight excluding hydrogens is 280 g/mol. The van der Waals surface area contributed by atoms with Gasteiger partial charge in [-0.2, -0.15) is 0 Å². The lowest BCUT2D eigenvalue weighted by Crippen LogP contribution is -2.38. The van der Waals surface area contributed by atoms with E-state index in [-0.39, 0.29) is 0 Å². The molecule has 0 atom stereocenters. The zero-order chi connectivity index (χ0) is 15.8. The molecule has 0 aliphatic carbocycles. The Morgan fingerprint density at radius 3 is 2.91 bits per heavy atom. The Labute approximate surface area is 130 Å². The number of hydrogen-bond donors (Lipinski definition) is 2. The molecule has 2 aromatic heterocycles. The molecule has 0 aliphatic heterocycles. The highest BCUT2D eigenvalue weighted by Gasteiger charge is 2.05. The second-order valence-corrected chi connectivity index (χ2v) is 4.84. The fourth-order valence-electron chi connectivity index (χ4n) is 1.86. The molecule has 6 nitrogen and oxygen atoms in total. The smallest absolute Gasteiger partial charge is 0.216 e. The quantitative estimate of drug-likeness (QED) is 0.466. The summed E-state index contributed by atoms with van der Waals surface area (Å²) in [6, 6.07) is 3.83. The van der Waals surface area contributed by atoms with Crippen LogP contribution < -0.4 is 10.6 Å². The zero-order valence-electron chi connectivity index (χ0n) is 13.1. The molecule has 0 bridgehead atoms. The first-order valence-corrected chi connectivity index (χ1v) is 7.27. The van der Waals surface area contributed by atoms with Gasteiger partial charge in [0, 0.05) is 19.5 Å². The van der Waals surface area contributed by atoms with Crippen LogP contribution in [0.1, 0.15) is 23.1 Å². The van der Waals surface area contributed by atoms with Crippen molar-refractivity contribution in [3.8, 4) is 0 Å². The summed E-state index contributed by atoms with van der Waals surface area (Å²) in [5, 5.41) is 6.41. The van der Waals surface area contributed by atoms with Gasteiger partial charge in [-0.05, 0) is 26.0 Å². The van der Waals surface area contributed by atoms with Crippen molar-refractivity contribution in [2.75, 3.05) is 13.1 Å². The topological polar surface area (TPSA) is 75.6 Å². The Morgan fingerprint density at radius 1 is 1.41 bits per heavy atom. The van der Waals surface area contributed by atoms with E-state index in [0.717, 1.165) is 30.2 Å². The van der Waals surface area contributed by atoms with Crippen LogP contribution in [0.2, 0.25) is 0 Å². The van der Waals surface area contributed by atoms with Crippen molar-refractivity contribution in [1.82, 2.24) is 15.6 Å². The lowest BCUT2D eigenvalue weighted by molar-refractivity contribution is 0.472. The van der Waals surface area contributed by atoms with Gasteiger partial charge in [0.05, 0.1) is 12.0 Å². The minimum Gasteiger partial charge on any atom is -0.469 e. The molecule has 0 radical (unpaired) electrons. The molecule has 2 N–H and O–H groups in total. The number of aromatic nitrogens is 1. The molecule has 0 aromatic carbocycles. The summed E-state index contributed by atoms with van der Waals surface area (Å²) in [4.78, 5) is 8.78. The standard InChI is InChI=1S/C16H22N4O2/c1-4-8-17-16(18-9-7-14-6-5-10-21-14)19-11-15-20-12(2)13(3)22-15/h4-6,10H,1,7-9,11H2,2-3H3,(H2,17,18,19). The molecule has 0 amide bonds. The minimum absolute atomic E-state index is 0.391. The SMILES string of the molecule is C=CCNC(=NCc1nc(C)c(C)o1)NCCc1ccco1. The molecule has 0 saturated carbocycles. The van der Waals surface area contributed by atoms with Crippen LogP contribution in [0.4, 0.5) is 0 Å². The molecule has 2 aromatic rings. The van der Waals surface area contributed by atoms with Crippen LogP contribution in [0.3, 0.4) is 0 Å². The van der Waals surface area contributed by atoms with Gasteiger partial charge in [0.25, 0.3) is 0 Å². The Kier molecular flexibility index (Phi) is 5.82. The number of aliphatic imine (C=N–C) groups is 1. The third kappa shape index (κ3) is 4.80. The summed E-state index contributed by atoms with van der Waals surface area (Å²) >= 11 is 0. The monoisotopic (exact) mass is 302 g/mol. The third-order valence-corrected chi connectivity index (χ3v) is 3.10. The van der Waals surface area contributed by atoms with Crippen LogP contribution in [0.15, 0.2) is 44.9 Å². The van der Waals surface area contributed by atoms with E-state index in [4.69, 9.17) is 8.83 Å². The first kappa shape index (κ1) is 15.9. The van der Waals surface area contributed by atoms with Crippen molar-refractivity contribution < 1.29 is 8.83 Å². The second kappa shape index (κ2) is 8.07. The first-order chi connectivity index (χ1) is 10.7. The van der Waals surface area contributed by atoms with E-state index in [2.05, 4.69) is 27.2 Å². The molecule has 6 heteroatoms. The lowest BCUT2D eigenvalue weighted by atomic mass is 10.3. The van der Waals surface area contributed by atoms with Gasteiger partial charge < -0.3 is 19.5 Å². The Hall–Kier alpha value is -2.50. The number of nitrogens with one attached hydrogen (secondary N) is 2. The number of nitrogens with zero attached hydrogens (tertiary/aromatic N) is 2. The van der Waals surface area contributed by atoms with Gasteiger partial charge in [-0.3, -0.25) is 0 Å². The van der Waals surface area contributed by atoms with Gasteiger partial charge in [0.2, 0.25) is 5.89 Å². The largest absolute Gasteiger partial charge is 0.469 e. The van der Waals surface area contributed by atoms with Crippen molar-refractivity contribution in [2.24, 2.45) is 4.99 Å². The summed E-state index contributed by atoms with van der Waals surface area (Å²) in [6.07, 6.45) is 4.25. The molecule has 0 spiro atoms. The van der Waals surface area contributed by atoms with E-state index < -0.39 is 0 Å². The van der Waals surface area contributed by atoms with Gasteiger partial charge >= 0.3 is 0 Å². The maximum Gasteiger partial charge on any atom is 0.216 e. The van der Waals surface area contributed by atoms with Crippen molar-refractivity contribution in [2.45, 2.75) is 26.8 Å². The van der Waals surface area contributed by atoms with Gasteiger partial charge in [-0.1, -0.05) is 6.08 Å². The number of furan rings is 1. The average molecular weight is 302 g/mol. The predicted molar refractivity (Wildman–Crippen MR) is 85.7 cm³/mol. The third-order valence-electron chi connectivity index (χ3n) is 3.10. The zero-order valence-corrected chi connectivity index (χ0v) is 13.1. The van der Waals surface area contributed by atoms with Crippen LogP contribution in [0.25, 0.3) is 0 Å². The average Bonchev–Trinajstić information content (AvgIpc) is 3.12. The molecule has 2 rings (SSSR count). The first-order valence-electron chi connectivity index (χ1n) is 7.27. The number of hydrogen-bond acceptors (Lipinski definition) is 4. The molecule has 0 fully saturated rings. The maximum atomic E-state index is 5.52. The van der Waals surface area contributed by atoms with Crippen molar-refractivity contribution in [3.05, 3.63) is 54.2 Å². The van der Waals surface area contributed by atoms with Gasteiger partial charge in [0.1, 0.15) is 18.1 Å². The second-order valence-electron chi connectivity index (χ2n) is 4.84. The van der Waals surface area contributed by atoms with Crippen molar-refractivity contribution in [1.29, 1.82) is 0 Å². The number of rotatable bonds is 7. The highest BCUT2D eigenvalue weighted by atomic mass is 16.4. The van der Waals surface area contributed by atoms with Crippen LogP contribution in [-0.4, -0.2) is 24.0 Å². The summed E-state index contributed by atoms with van der Waals surface area (Å²) < 4.78 is 10.8. The Balaban J connectivity index is 1.89. The van der Waals surface area contributed by atoms with Gasteiger partial charge in [-0.15, -0.1) is 6.58 Å². The summed E-state index contributed by atoms with van der Waals surface area (Å²) in [6.45, 7) is 9.26. The highest BCUT2D eigenvalue weighted by Crippen LogP contribution is 2.08. The van der Waals surface area contributed by atoms with Crippen LogP contribution in [0.5, 0.6) is 0 Å². The molecule has 118 valence electrons. The number of guanidine groups is 1. The minimum atomic E-state index is 0.391. The number of oxazole rings is 1. The normalized spacial score (nSPS) is 11.5. The Morgan fingerprint density at radius 2 is 2.27 bits per heavy atom. The number of aryl methyl sites for hydroxylation is 2. The van der Waals surface area contributed by atoms with Gasteiger partial charge in [0.15, 0.2) is 5.96 Å². The van der Waals surface area contributed by atoms with Gasteiger partial charge in [-0.25, -0.2) is 9.98 Å². The maximum absolute atomic E-state index is 5.52.